The molecule has 0 atom stereocenters. The predicted octanol–water partition coefficient (Wildman–Crippen LogP) is 0.636. The lowest BCUT2D eigenvalue weighted by atomic mass is 10.1. The Balaban J connectivity index is 2.71. The lowest BCUT2D eigenvalue weighted by molar-refractivity contribution is 0.259. The van der Waals surface area contributed by atoms with Crippen molar-refractivity contribution in [1.29, 1.82) is 0 Å². The van der Waals surface area contributed by atoms with Crippen molar-refractivity contribution in [2.75, 3.05) is 0 Å². The van der Waals surface area contributed by atoms with Gasteiger partial charge < -0.3 is 15.3 Å². The minimum absolute atomic E-state index is 0.0577. The molecule has 2 aromatic carbocycles. The number of phenols is 2. The highest BCUT2D eigenvalue weighted by Crippen LogP contribution is 2.32. The molecule has 4 N–H and O–H groups in total. The molecule has 8 nitrogen and oxygen atoms in total. The van der Waals surface area contributed by atoms with Gasteiger partial charge in [-0.3, -0.25) is 9.35 Å². The molecule has 2 aromatic rings. The summed E-state index contributed by atoms with van der Waals surface area (Å²) in [6.45, 7) is -0.628. The van der Waals surface area contributed by atoms with E-state index < -0.39 is 39.7 Å². The summed E-state index contributed by atoms with van der Waals surface area (Å²) in [4.78, 5) is 11.9. The average molecular weight is 314 g/mol. The van der Waals surface area contributed by atoms with E-state index >= 15 is 0 Å². The zero-order valence-electron chi connectivity index (χ0n) is 10.3. The van der Waals surface area contributed by atoms with Crippen molar-refractivity contribution in [3.8, 4) is 17.2 Å². The van der Waals surface area contributed by atoms with Crippen LogP contribution in [0.3, 0.4) is 0 Å². The van der Waals surface area contributed by atoms with Crippen LogP contribution >= 0.6 is 0 Å². The molecule has 0 spiro atoms. The van der Waals surface area contributed by atoms with E-state index in [-0.39, 0.29) is 16.3 Å². The van der Waals surface area contributed by atoms with Crippen molar-refractivity contribution < 1.29 is 32.5 Å². The Kier molecular flexibility index (Phi) is 3.73. The van der Waals surface area contributed by atoms with E-state index in [2.05, 4.69) is 4.18 Å². The van der Waals surface area contributed by atoms with E-state index in [0.717, 1.165) is 12.1 Å². The lowest BCUT2D eigenvalue weighted by Gasteiger charge is -2.00. The van der Waals surface area contributed by atoms with E-state index in [1.54, 1.807) is 0 Å². The molecular weight excluding hydrogens is 304 g/mol. The summed E-state index contributed by atoms with van der Waals surface area (Å²) in [5, 5.41) is 28.5. The number of aromatic hydroxyl groups is 3. The first kappa shape index (κ1) is 15.0. The van der Waals surface area contributed by atoms with Gasteiger partial charge in [0.25, 0.3) is 0 Å². The molecule has 0 unspecified atom stereocenters. The van der Waals surface area contributed by atoms with Crippen LogP contribution in [0.15, 0.2) is 29.1 Å². The van der Waals surface area contributed by atoms with Gasteiger partial charge in [-0.15, -0.1) is 0 Å². The fraction of sp³-hybridized carbons (Fsp3) is 0.0833. The van der Waals surface area contributed by atoms with Crippen LogP contribution < -0.4 is 5.43 Å². The average Bonchev–Trinajstić information content (AvgIpc) is 2.50. The predicted molar refractivity (Wildman–Crippen MR) is 71.6 cm³/mol. The second-order valence-electron chi connectivity index (χ2n) is 4.17. The van der Waals surface area contributed by atoms with E-state index in [0.29, 0.717) is 0 Å². The quantitative estimate of drug-likeness (QED) is 0.477. The van der Waals surface area contributed by atoms with Crippen LogP contribution in [0.25, 0.3) is 10.8 Å². The standard InChI is InChI=1S/C12H10O8S/c13-8-2-1-7-3-6(5-20-21(17,18)19)4-9(14)12(16)10(7)11(8)15/h1-4,13,15H,5H2,(H,14,16)(H,17,18,19). The molecule has 0 fully saturated rings. The van der Waals surface area contributed by atoms with Crippen LogP contribution in [-0.4, -0.2) is 28.3 Å². The van der Waals surface area contributed by atoms with E-state index in [1.165, 1.54) is 12.1 Å². The van der Waals surface area contributed by atoms with Gasteiger partial charge in [0.05, 0.1) is 12.0 Å². The third-order valence-electron chi connectivity index (χ3n) is 2.69. The van der Waals surface area contributed by atoms with E-state index in [1.807, 2.05) is 0 Å². The van der Waals surface area contributed by atoms with Gasteiger partial charge in [-0.05, 0) is 29.1 Å². The second-order valence-corrected chi connectivity index (χ2v) is 5.26. The molecular formula is C12H10O8S. The fourth-order valence-corrected chi connectivity index (χ4v) is 2.08. The summed E-state index contributed by atoms with van der Waals surface area (Å²) in [6, 6.07) is 4.62. The van der Waals surface area contributed by atoms with Gasteiger partial charge in [0, 0.05) is 0 Å². The van der Waals surface area contributed by atoms with Crippen LogP contribution in [0.2, 0.25) is 0 Å². The van der Waals surface area contributed by atoms with Crippen molar-refractivity contribution in [3.63, 3.8) is 0 Å². The minimum atomic E-state index is -4.68. The monoisotopic (exact) mass is 314 g/mol. The maximum Gasteiger partial charge on any atom is 0.397 e. The van der Waals surface area contributed by atoms with Gasteiger partial charge in [0.2, 0.25) is 5.43 Å². The van der Waals surface area contributed by atoms with Crippen molar-refractivity contribution in [2.45, 2.75) is 6.61 Å². The lowest BCUT2D eigenvalue weighted by Crippen LogP contribution is -2.03. The first-order chi connectivity index (χ1) is 9.69. The van der Waals surface area contributed by atoms with Gasteiger partial charge in [-0.1, -0.05) is 6.07 Å². The molecule has 0 aliphatic carbocycles. The number of hydrogen-bond donors (Lipinski definition) is 4. The molecule has 0 saturated heterocycles. The first-order valence-electron chi connectivity index (χ1n) is 5.52. The number of fused-ring (bicyclic) bond motifs is 1. The molecule has 0 heterocycles. The van der Waals surface area contributed by atoms with Crippen molar-refractivity contribution in [2.24, 2.45) is 0 Å². The molecule has 2 rings (SSSR count). The Morgan fingerprint density at radius 1 is 1.05 bits per heavy atom. The smallest absolute Gasteiger partial charge is 0.397 e. The molecule has 0 aromatic heterocycles. The normalized spacial score (nSPS) is 11.7. The minimum Gasteiger partial charge on any atom is -0.504 e. The maximum atomic E-state index is 11.9. The molecule has 0 saturated carbocycles. The number of phenolic OH excluding ortho intramolecular Hbond substituents is 2. The summed E-state index contributed by atoms with van der Waals surface area (Å²) in [5.74, 6) is -2.02. The summed E-state index contributed by atoms with van der Waals surface area (Å²) >= 11 is 0. The van der Waals surface area contributed by atoms with Crippen LogP contribution in [0, 0.1) is 0 Å². The Morgan fingerprint density at radius 3 is 2.33 bits per heavy atom. The molecule has 21 heavy (non-hydrogen) atoms. The topological polar surface area (TPSA) is 141 Å². The van der Waals surface area contributed by atoms with Crippen LogP contribution in [0.5, 0.6) is 17.2 Å². The second kappa shape index (κ2) is 5.20. The van der Waals surface area contributed by atoms with Gasteiger partial charge in [-0.25, -0.2) is 4.18 Å². The number of rotatable bonds is 3. The Labute approximate surface area is 118 Å². The van der Waals surface area contributed by atoms with Crippen molar-refractivity contribution >= 4 is 21.2 Å². The van der Waals surface area contributed by atoms with Crippen molar-refractivity contribution in [1.82, 2.24) is 0 Å². The first-order valence-corrected chi connectivity index (χ1v) is 6.88. The zero-order valence-corrected chi connectivity index (χ0v) is 11.2. The van der Waals surface area contributed by atoms with Crippen LogP contribution in [0.1, 0.15) is 5.56 Å². The Bertz CT molecular complexity index is 872. The number of benzene rings is 1. The fourth-order valence-electron chi connectivity index (χ4n) is 1.79. The summed E-state index contributed by atoms with van der Waals surface area (Å²) in [5.41, 5.74) is -0.890. The molecule has 112 valence electrons. The molecule has 0 amide bonds. The highest BCUT2D eigenvalue weighted by Gasteiger charge is 2.13. The van der Waals surface area contributed by atoms with Crippen LogP contribution in [0.4, 0.5) is 0 Å². The van der Waals surface area contributed by atoms with Gasteiger partial charge in [0.15, 0.2) is 17.2 Å². The Hall–Kier alpha value is -2.36. The third-order valence-corrected chi connectivity index (χ3v) is 3.10. The number of hydrogen-bond acceptors (Lipinski definition) is 7. The highest BCUT2D eigenvalue weighted by molar-refractivity contribution is 7.80. The molecule has 0 aliphatic rings. The third kappa shape index (κ3) is 3.21. The SMILES string of the molecule is O=c1c(O)cc(COS(=O)(=O)O)cc2ccc(O)c(O)c12. The van der Waals surface area contributed by atoms with E-state index in [4.69, 9.17) is 4.55 Å². The molecule has 9 heteroatoms. The molecule has 0 bridgehead atoms. The van der Waals surface area contributed by atoms with Gasteiger partial charge in [-0.2, -0.15) is 8.42 Å². The van der Waals surface area contributed by atoms with Crippen molar-refractivity contribution in [3.05, 3.63) is 40.1 Å². The summed E-state index contributed by atoms with van der Waals surface area (Å²) < 4.78 is 33.7. The molecule has 0 radical (unpaired) electrons. The molecule has 0 aliphatic heterocycles. The van der Waals surface area contributed by atoms with Gasteiger partial charge >= 0.3 is 10.4 Å². The van der Waals surface area contributed by atoms with E-state index in [9.17, 15) is 28.5 Å². The maximum absolute atomic E-state index is 11.9. The largest absolute Gasteiger partial charge is 0.504 e. The highest BCUT2D eigenvalue weighted by atomic mass is 32.3. The summed E-state index contributed by atoms with van der Waals surface area (Å²) in [7, 11) is -4.68. The zero-order chi connectivity index (χ0) is 15.8. The van der Waals surface area contributed by atoms with Gasteiger partial charge in [0.1, 0.15) is 0 Å². The summed E-state index contributed by atoms with van der Waals surface area (Å²) in [6.07, 6.45) is 0. The van der Waals surface area contributed by atoms with Crippen LogP contribution in [-0.2, 0) is 21.2 Å². The Morgan fingerprint density at radius 2 is 1.71 bits per heavy atom.